The van der Waals surface area contributed by atoms with Gasteiger partial charge in [-0.3, -0.25) is 9.59 Å². The van der Waals surface area contributed by atoms with Crippen LogP contribution in [0.4, 0.5) is 11.4 Å². The lowest BCUT2D eigenvalue weighted by atomic mass is 9.85. The Morgan fingerprint density at radius 2 is 1.86 bits per heavy atom. The highest BCUT2D eigenvalue weighted by atomic mass is 32.1. The van der Waals surface area contributed by atoms with Gasteiger partial charge >= 0.3 is 0 Å². The molecule has 0 aromatic heterocycles. The smallest absolute Gasteiger partial charge is 0.273 e. The van der Waals surface area contributed by atoms with Gasteiger partial charge in [0.2, 0.25) is 12.1 Å². The number of carbonyl (C=O) groups excluding carboxylic acids is 2. The maximum atomic E-state index is 13.3. The average Bonchev–Trinajstić information content (AvgIpc) is 3.07. The maximum absolute atomic E-state index is 13.3. The summed E-state index contributed by atoms with van der Waals surface area (Å²) in [5.41, 5.74) is 1.36. The molecule has 0 aliphatic carbocycles. The second-order valence-electron chi connectivity index (χ2n) is 10.1. The van der Waals surface area contributed by atoms with Crippen molar-refractivity contribution in [2.75, 3.05) is 26.1 Å². The lowest BCUT2D eigenvalue weighted by Crippen LogP contribution is -2.26. The van der Waals surface area contributed by atoms with Crippen molar-refractivity contribution >= 4 is 42.2 Å². The average molecular weight is 516 g/mol. The van der Waals surface area contributed by atoms with Gasteiger partial charge in [0.1, 0.15) is 24.2 Å². The van der Waals surface area contributed by atoms with Crippen LogP contribution >= 0.6 is 12.9 Å². The van der Waals surface area contributed by atoms with Crippen molar-refractivity contribution in [1.29, 1.82) is 0 Å². The Morgan fingerprint density at radius 3 is 2.47 bits per heavy atom. The number of anilines is 1. The SMILES string of the molecule is COc1ccc([N+](=CCCCOc2ccc3c(c2)C(C)(C)C(=O)N3)OS)c(C(=O)C(C)(C)C)c1OC. The number of nitrogens with one attached hydrogen (secondary N) is 1. The highest BCUT2D eigenvalue weighted by molar-refractivity contribution is 7.74. The van der Waals surface area contributed by atoms with Gasteiger partial charge in [-0.25, -0.2) is 0 Å². The fraction of sp³-hybridized carbons (Fsp3) is 0.444. The van der Waals surface area contributed by atoms with Crippen LogP contribution in [0.15, 0.2) is 30.3 Å². The van der Waals surface area contributed by atoms with Gasteiger partial charge in [0.25, 0.3) is 5.69 Å². The second kappa shape index (κ2) is 10.8. The third-order valence-electron chi connectivity index (χ3n) is 6.15. The van der Waals surface area contributed by atoms with Gasteiger partial charge in [-0.2, -0.15) is 4.28 Å². The van der Waals surface area contributed by atoms with Crippen molar-refractivity contribution in [3.8, 4) is 17.2 Å². The molecule has 2 aromatic carbocycles. The highest BCUT2D eigenvalue weighted by Crippen LogP contribution is 2.41. The van der Waals surface area contributed by atoms with E-state index in [1.807, 2.05) is 52.8 Å². The first-order valence-corrected chi connectivity index (χ1v) is 12.1. The van der Waals surface area contributed by atoms with Crippen LogP contribution in [0.25, 0.3) is 0 Å². The monoisotopic (exact) mass is 515 g/mol. The van der Waals surface area contributed by atoms with E-state index in [9.17, 15) is 9.59 Å². The Morgan fingerprint density at radius 1 is 1.14 bits per heavy atom. The number of amides is 1. The molecule has 1 aliphatic rings. The van der Waals surface area contributed by atoms with Crippen LogP contribution in [0.1, 0.15) is 63.4 Å². The van der Waals surface area contributed by atoms with E-state index >= 15 is 0 Å². The topological polar surface area (TPSA) is 86.1 Å². The Hall–Kier alpha value is -3.20. The van der Waals surface area contributed by atoms with Crippen LogP contribution < -0.4 is 19.5 Å². The minimum absolute atomic E-state index is 0.0180. The Balaban J connectivity index is 1.75. The summed E-state index contributed by atoms with van der Waals surface area (Å²) < 4.78 is 23.6. The fourth-order valence-corrected chi connectivity index (χ4v) is 4.15. The van der Waals surface area contributed by atoms with E-state index in [0.717, 1.165) is 11.3 Å². The molecule has 1 N–H and O–H groups in total. The lowest BCUT2D eigenvalue weighted by molar-refractivity contribution is -0.672. The zero-order valence-corrected chi connectivity index (χ0v) is 22.8. The van der Waals surface area contributed by atoms with Crippen LogP contribution in [0.5, 0.6) is 17.2 Å². The Labute approximate surface area is 218 Å². The molecular weight excluding hydrogens is 480 g/mol. The molecule has 2 aromatic rings. The van der Waals surface area contributed by atoms with E-state index in [2.05, 4.69) is 18.2 Å². The number of Topliss-reactive ketones (excluding diaryl/α,β-unsaturated/α-hetero) is 1. The molecule has 0 bridgehead atoms. The second-order valence-corrected chi connectivity index (χ2v) is 10.3. The van der Waals surface area contributed by atoms with Crippen LogP contribution in [0, 0.1) is 5.41 Å². The van der Waals surface area contributed by atoms with Crippen molar-refractivity contribution in [2.45, 2.75) is 52.9 Å². The number of ether oxygens (including phenoxy) is 3. The van der Waals surface area contributed by atoms with Crippen molar-refractivity contribution in [1.82, 2.24) is 0 Å². The minimum atomic E-state index is -0.658. The number of methoxy groups -OCH3 is 2. The number of ketones is 1. The van der Waals surface area contributed by atoms with E-state index in [-0.39, 0.29) is 11.7 Å². The van der Waals surface area contributed by atoms with Gasteiger partial charge in [0.05, 0.1) is 26.2 Å². The summed E-state index contributed by atoms with van der Waals surface area (Å²) in [4.78, 5) is 25.5. The van der Waals surface area contributed by atoms with Crippen molar-refractivity contribution in [3.63, 3.8) is 0 Å². The van der Waals surface area contributed by atoms with Crippen LogP contribution in [-0.4, -0.2) is 43.5 Å². The zero-order chi connectivity index (χ0) is 26.7. The first-order valence-electron chi connectivity index (χ1n) is 11.8. The number of fused-ring (bicyclic) bond motifs is 1. The number of nitrogens with zero attached hydrogens (tertiary/aromatic N) is 1. The number of hydrogen-bond acceptors (Lipinski definition) is 7. The van der Waals surface area contributed by atoms with Crippen LogP contribution in [0.2, 0.25) is 0 Å². The quantitative estimate of drug-likeness (QED) is 0.0825. The molecule has 8 nitrogen and oxygen atoms in total. The fourth-order valence-electron chi connectivity index (χ4n) is 3.99. The highest BCUT2D eigenvalue weighted by Gasteiger charge is 2.38. The molecule has 36 heavy (non-hydrogen) atoms. The van der Waals surface area contributed by atoms with Crippen LogP contribution in [-0.2, 0) is 14.5 Å². The molecule has 0 radical (unpaired) electrons. The molecule has 0 saturated heterocycles. The van der Waals surface area contributed by atoms with E-state index in [0.29, 0.717) is 47.9 Å². The molecule has 0 fully saturated rings. The zero-order valence-electron chi connectivity index (χ0n) is 21.9. The summed E-state index contributed by atoms with van der Waals surface area (Å²) >= 11 is 4.02. The van der Waals surface area contributed by atoms with Crippen molar-refractivity contribution in [3.05, 3.63) is 41.5 Å². The van der Waals surface area contributed by atoms with Crippen LogP contribution in [0.3, 0.4) is 0 Å². The molecule has 0 atom stereocenters. The Kier molecular flexibility index (Phi) is 8.23. The third-order valence-corrected chi connectivity index (χ3v) is 6.33. The van der Waals surface area contributed by atoms with Gasteiger partial charge in [-0.15, -0.1) is 0 Å². The molecule has 1 aliphatic heterocycles. The van der Waals surface area contributed by atoms with Gasteiger partial charge in [-0.05, 0) is 50.1 Å². The number of carbonyl (C=O) groups is 2. The number of hydrogen-bond donors (Lipinski definition) is 2. The first kappa shape index (κ1) is 27.4. The summed E-state index contributed by atoms with van der Waals surface area (Å²) in [6, 6.07) is 9.09. The number of thiol groups is 1. The largest absolute Gasteiger partial charge is 0.494 e. The minimum Gasteiger partial charge on any atom is -0.494 e. The summed E-state index contributed by atoms with van der Waals surface area (Å²) in [6.07, 6.45) is 3.07. The Bertz CT molecular complexity index is 1180. The normalized spacial score (nSPS) is 14.7. The summed E-state index contributed by atoms with van der Waals surface area (Å²) in [7, 11) is 3.03. The first-order chi connectivity index (χ1) is 16.9. The molecule has 9 heteroatoms. The molecule has 1 amide bonds. The van der Waals surface area contributed by atoms with Gasteiger partial charge < -0.3 is 19.5 Å². The molecule has 3 rings (SSSR count). The maximum Gasteiger partial charge on any atom is 0.273 e. The van der Waals surface area contributed by atoms with Gasteiger partial charge in [0, 0.05) is 28.3 Å². The number of unbranched alkanes of at least 4 members (excludes halogenated alkanes) is 1. The molecular formula is C27H35N2O6S+. The van der Waals surface area contributed by atoms with Crippen molar-refractivity contribution in [2.24, 2.45) is 5.41 Å². The van der Waals surface area contributed by atoms with E-state index in [1.165, 1.54) is 19.0 Å². The predicted octanol–water partition coefficient (Wildman–Crippen LogP) is 5.51. The van der Waals surface area contributed by atoms with Gasteiger partial charge in [0.15, 0.2) is 17.3 Å². The molecule has 0 saturated carbocycles. The predicted molar refractivity (Wildman–Crippen MR) is 142 cm³/mol. The standard InChI is InChI=1S/C27H34N2O6S/c1-26(2,3)24(30)22-20(12-13-21(32-6)23(22)33-7)29(35-36)14-8-9-15-34-17-10-11-19-18(16-17)27(4,5)25(31)28-19/h10-14,16H,8-9,15H2,1-7H3,(H-,28,31,36)/p+1. The molecule has 0 spiro atoms. The number of benzene rings is 2. The number of rotatable bonds is 10. The summed E-state index contributed by atoms with van der Waals surface area (Å²) in [6.45, 7) is 9.78. The van der Waals surface area contributed by atoms with Gasteiger partial charge in [-0.1, -0.05) is 20.8 Å². The van der Waals surface area contributed by atoms with Crippen molar-refractivity contribution < 1.29 is 32.8 Å². The lowest BCUT2D eigenvalue weighted by Gasteiger charge is -2.20. The molecule has 1 heterocycles. The summed E-state index contributed by atoms with van der Waals surface area (Å²) in [5, 5.41) is 2.90. The summed E-state index contributed by atoms with van der Waals surface area (Å²) in [5.74, 6) is 1.37. The molecule has 194 valence electrons. The third kappa shape index (κ3) is 5.46. The van der Waals surface area contributed by atoms with E-state index in [4.69, 9.17) is 18.5 Å². The van der Waals surface area contributed by atoms with E-state index in [1.54, 1.807) is 18.3 Å². The van der Waals surface area contributed by atoms with E-state index < -0.39 is 10.8 Å². The molecule has 0 unspecified atom stereocenters.